The second kappa shape index (κ2) is 4.40. The molecule has 2 aromatic heterocycles. The molecule has 0 bridgehead atoms. The van der Waals surface area contributed by atoms with Crippen molar-refractivity contribution in [3.8, 4) is 11.6 Å². The van der Waals surface area contributed by atoms with Crippen molar-refractivity contribution in [1.82, 2.24) is 20.4 Å². The van der Waals surface area contributed by atoms with Crippen LogP contribution in [0.4, 0.5) is 0 Å². The Morgan fingerprint density at radius 3 is 3.06 bits per heavy atom. The van der Waals surface area contributed by atoms with Crippen LogP contribution in [0.1, 0.15) is 17.4 Å². The molecule has 0 aliphatic carbocycles. The van der Waals surface area contributed by atoms with Gasteiger partial charge in [0.2, 0.25) is 0 Å². The van der Waals surface area contributed by atoms with E-state index in [-0.39, 0.29) is 17.4 Å². The molecule has 0 atom stereocenters. The maximum absolute atomic E-state index is 11.2. The summed E-state index contributed by atoms with van der Waals surface area (Å²) in [4.78, 5) is 15.2. The number of carbonyl (C=O) groups is 1. The Morgan fingerprint density at radius 2 is 2.38 bits per heavy atom. The molecule has 0 radical (unpaired) electrons. The van der Waals surface area contributed by atoms with Crippen molar-refractivity contribution in [2.45, 2.75) is 6.92 Å². The average Bonchev–Trinajstić information content (AvgIpc) is 2.69. The van der Waals surface area contributed by atoms with E-state index in [4.69, 9.17) is 4.74 Å². The molecule has 0 saturated carbocycles. The zero-order valence-electron chi connectivity index (χ0n) is 8.27. The predicted octanol–water partition coefficient (Wildman–Crippen LogP) is 1.96. The molecule has 0 saturated heterocycles. The van der Waals surface area contributed by atoms with Crippen molar-refractivity contribution in [3.05, 3.63) is 28.6 Å². The summed E-state index contributed by atoms with van der Waals surface area (Å²) in [6.45, 7) is 1.40. The van der Waals surface area contributed by atoms with Crippen LogP contribution in [0.15, 0.2) is 22.9 Å². The number of nitrogens with zero attached hydrogens (tertiary/aromatic N) is 3. The smallest absolute Gasteiger partial charge is 0.269 e. The van der Waals surface area contributed by atoms with Gasteiger partial charge in [0, 0.05) is 13.1 Å². The minimum Gasteiger partial charge on any atom is -0.433 e. The Labute approximate surface area is 99.2 Å². The summed E-state index contributed by atoms with van der Waals surface area (Å²) in [5.41, 5.74) is 0.232. The molecular formula is C9H7BrN4O2. The number of hydrogen-bond acceptors (Lipinski definition) is 5. The highest BCUT2D eigenvalue weighted by atomic mass is 79.9. The van der Waals surface area contributed by atoms with Gasteiger partial charge in [-0.3, -0.25) is 9.89 Å². The fraction of sp³-hybridized carbons (Fsp3) is 0.111. The summed E-state index contributed by atoms with van der Waals surface area (Å²) in [5.74, 6) is 0.417. The van der Waals surface area contributed by atoms with Crippen LogP contribution in [0.3, 0.4) is 0 Å². The standard InChI is InChI=1S/C9H7BrN4O2/c1-5(15)7-9(13-14-12-7)16-6-3-2-4-11-8(6)10/h2-4H,1H3,(H,12,13,14). The molecular weight excluding hydrogens is 276 g/mol. The Hall–Kier alpha value is -1.76. The molecule has 0 unspecified atom stereocenters. The zero-order valence-corrected chi connectivity index (χ0v) is 9.85. The number of pyridine rings is 1. The van der Waals surface area contributed by atoms with Crippen molar-refractivity contribution in [1.29, 1.82) is 0 Å². The third-order valence-electron chi connectivity index (χ3n) is 1.80. The lowest BCUT2D eigenvalue weighted by atomic mass is 10.3. The summed E-state index contributed by atoms with van der Waals surface area (Å²) in [7, 11) is 0. The molecule has 2 heterocycles. The number of H-pyrrole nitrogens is 1. The first kappa shape index (κ1) is 10.7. The van der Waals surface area contributed by atoms with Gasteiger partial charge in [-0.25, -0.2) is 4.98 Å². The Morgan fingerprint density at radius 1 is 1.56 bits per heavy atom. The molecule has 1 N–H and O–H groups in total. The SMILES string of the molecule is CC(=O)c1[nH]nnc1Oc1cccnc1Br. The highest BCUT2D eigenvalue weighted by Crippen LogP contribution is 2.27. The first-order valence-corrected chi connectivity index (χ1v) is 5.18. The number of Topliss-reactive ketones (excluding diaryl/α,β-unsaturated/α-hetero) is 1. The molecule has 0 spiro atoms. The average molecular weight is 283 g/mol. The summed E-state index contributed by atoms with van der Waals surface area (Å²) in [5, 5.41) is 9.66. The number of aromatic amines is 1. The van der Waals surface area contributed by atoms with Crippen LogP contribution in [0.25, 0.3) is 0 Å². The third-order valence-corrected chi connectivity index (χ3v) is 2.40. The number of carbonyl (C=O) groups excluding carboxylic acids is 1. The monoisotopic (exact) mass is 282 g/mol. The third kappa shape index (κ3) is 2.08. The summed E-state index contributed by atoms with van der Waals surface area (Å²) >= 11 is 3.22. The van der Waals surface area contributed by atoms with E-state index >= 15 is 0 Å². The quantitative estimate of drug-likeness (QED) is 0.688. The number of rotatable bonds is 3. The maximum atomic E-state index is 11.2. The van der Waals surface area contributed by atoms with Gasteiger partial charge >= 0.3 is 0 Å². The van der Waals surface area contributed by atoms with Crippen molar-refractivity contribution in [2.24, 2.45) is 0 Å². The molecule has 0 aliphatic heterocycles. The fourth-order valence-corrected chi connectivity index (χ4v) is 1.40. The Balaban J connectivity index is 2.31. The van der Waals surface area contributed by atoms with Gasteiger partial charge in [0.1, 0.15) is 4.60 Å². The van der Waals surface area contributed by atoms with E-state index in [1.807, 2.05) is 0 Å². The van der Waals surface area contributed by atoms with E-state index in [0.717, 1.165) is 0 Å². The zero-order chi connectivity index (χ0) is 11.5. The normalized spacial score (nSPS) is 10.1. The minimum absolute atomic E-state index is 0.140. The lowest BCUT2D eigenvalue weighted by molar-refractivity contribution is 0.101. The van der Waals surface area contributed by atoms with Gasteiger partial charge in [-0.1, -0.05) is 10.3 Å². The van der Waals surface area contributed by atoms with E-state index < -0.39 is 0 Å². The Bertz CT molecular complexity index is 526. The number of nitrogens with one attached hydrogen (secondary N) is 1. The van der Waals surface area contributed by atoms with E-state index in [9.17, 15) is 4.79 Å². The maximum Gasteiger partial charge on any atom is 0.269 e. The topological polar surface area (TPSA) is 80.8 Å². The van der Waals surface area contributed by atoms with E-state index in [2.05, 4.69) is 36.3 Å². The second-order valence-electron chi connectivity index (χ2n) is 2.94. The van der Waals surface area contributed by atoms with Crippen LogP contribution < -0.4 is 4.74 Å². The molecule has 0 amide bonds. The molecule has 82 valence electrons. The summed E-state index contributed by atoms with van der Waals surface area (Å²) in [6, 6.07) is 3.42. The molecule has 6 nitrogen and oxygen atoms in total. The molecule has 16 heavy (non-hydrogen) atoms. The van der Waals surface area contributed by atoms with E-state index in [0.29, 0.717) is 10.4 Å². The number of hydrogen-bond donors (Lipinski definition) is 1. The van der Waals surface area contributed by atoms with Gasteiger partial charge in [-0.2, -0.15) is 0 Å². The number of aromatic nitrogens is 4. The van der Waals surface area contributed by atoms with Crippen LogP contribution in [-0.2, 0) is 0 Å². The summed E-state index contributed by atoms with van der Waals surface area (Å²) < 4.78 is 5.94. The first-order valence-electron chi connectivity index (χ1n) is 4.39. The molecule has 2 rings (SSSR count). The minimum atomic E-state index is -0.194. The van der Waals surface area contributed by atoms with Crippen molar-refractivity contribution >= 4 is 21.7 Å². The Kier molecular flexibility index (Phi) is 2.95. The second-order valence-corrected chi connectivity index (χ2v) is 3.69. The van der Waals surface area contributed by atoms with Crippen LogP contribution in [0.5, 0.6) is 11.6 Å². The lowest BCUT2D eigenvalue weighted by Crippen LogP contribution is -1.97. The van der Waals surface area contributed by atoms with E-state index in [1.165, 1.54) is 6.92 Å². The predicted molar refractivity (Wildman–Crippen MR) is 58.4 cm³/mol. The van der Waals surface area contributed by atoms with Crippen molar-refractivity contribution < 1.29 is 9.53 Å². The van der Waals surface area contributed by atoms with E-state index in [1.54, 1.807) is 18.3 Å². The molecule has 7 heteroatoms. The number of ether oxygens (including phenoxy) is 1. The van der Waals surface area contributed by atoms with Crippen LogP contribution in [-0.4, -0.2) is 26.2 Å². The van der Waals surface area contributed by atoms with Gasteiger partial charge in [0.05, 0.1) is 0 Å². The molecule has 0 fully saturated rings. The van der Waals surface area contributed by atoms with Gasteiger partial charge in [-0.15, -0.1) is 0 Å². The van der Waals surface area contributed by atoms with Crippen LogP contribution in [0, 0.1) is 0 Å². The summed E-state index contributed by atoms with van der Waals surface area (Å²) in [6.07, 6.45) is 1.62. The highest BCUT2D eigenvalue weighted by molar-refractivity contribution is 9.10. The highest BCUT2D eigenvalue weighted by Gasteiger charge is 2.14. The molecule has 0 aliphatic rings. The van der Waals surface area contributed by atoms with Crippen LogP contribution >= 0.6 is 15.9 Å². The fourth-order valence-electron chi connectivity index (χ4n) is 1.07. The van der Waals surface area contributed by atoms with Crippen molar-refractivity contribution in [2.75, 3.05) is 0 Å². The van der Waals surface area contributed by atoms with Gasteiger partial charge < -0.3 is 4.74 Å². The van der Waals surface area contributed by atoms with Gasteiger partial charge in [-0.05, 0) is 28.1 Å². The first-order chi connectivity index (χ1) is 7.68. The largest absolute Gasteiger partial charge is 0.433 e. The number of halogens is 1. The number of ketones is 1. The van der Waals surface area contributed by atoms with Crippen molar-refractivity contribution in [3.63, 3.8) is 0 Å². The lowest BCUT2D eigenvalue weighted by Gasteiger charge is -2.03. The molecule has 0 aromatic carbocycles. The van der Waals surface area contributed by atoms with Gasteiger partial charge in [0.15, 0.2) is 17.2 Å². The van der Waals surface area contributed by atoms with Crippen LogP contribution in [0.2, 0.25) is 0 Å². The van der Waals surface area contributed by atoms with Gasteiger partial charge in [0.25, 0.3) is 5.88 Å². The molecule has 2 aromatic rings.